The second-order valence-electron chi connectivity index (χ2n) is 2.02. The summed E-state index contributed by atoms with van der Waals surface area (Å²) in [6, 6.07) is 5.65. The van der Waals surface area contributed by atoms with Gasteiger partial charge in [-0.2, -0.15) is 0 Å². The molecule has 1 rings (SSSR count). The van der Waals surface area contributed by atoms with E-state index in [1.54, 1.807) is 7.11 Å². The Balaban J connectivity index is 3.02. The first kappa shape index (κ1) is 9.68. The van der Waals surface area contributed by atoms with Crippen molar-refractivity contribution >= 4 is 27.5 Å². The molecule has 0 atom stereocenters. The molecule has 0 saturated carbocycles. The van der Waals surface area contributed by atoms with Crippen LogP contribution in [-0.2, 0) is 0 Å². The summed E-state index contributed by atoms with van der Waals surface area (Å²) in [5.74, 6) is 1.31. The smallest absolute Gasteiger partial charge is 0.177 e. The average molecular weight is 252 g/mol. The lowest BCUT2D eigenvalue weighted by atomic mass is 10.3. The van der Waals surface area contributed by atoms with Crippen LogP contribution < -0.4 is 9.47 Å². The van der Waals surface area contributed by atoms with Gasteiger partial charge in [-0.1, -0.05) is 17.7 Å². The fourth-order valence-electron chi connectivity index (χ4n) is 0.844. The van der Waals surface area contributed by atoms with E-state index >= 15 is 0 Å². The molecule has 0 aromatic heterocycles. The zero-order valence-corrected chi connectivity index (χ0v) is 8.85. The van der Waals surface area contributed by atoms with Crippen LogP contribution >= 0.6 is 27.5 Å². The van der Waals surface area contributed by atoms with Crippen LogP contribution in [0.5, 0.6) is 11.5 Å². The van der Waals surface area contributed by atoms with Crippen LogP contribution in [0, 0.1) is 0 Å². The molecule has 0 unspecified atom stereocenters. The van der Waals surface area contributed by atoms with Crippen molar-refractivity contribution in [1.82, 2.24) is 0 Å². The summed E-state index contributed by atoms with van der Waals surface area (Å²) in [5, 5.41) is 0. The van der Waals surface area contributed by atoms with E-state index in [4.69, 9.17) is 21.1 Å². The quantitative estimate of drug-likeness (QED) is 0.769. The Morgan fingerprint density at radius 3 is 2.83 bits per heavy atom. The fraction of sp³-hybridized carbons (Fsp3) is 0.250. The number of methoxy groups -OCH3 is 1. The van der Waals surface area contributed by atoms with E-state index in [0.29, 0.717) is 11.5 Å². The Kier molecular flexibility index (Phi) is 3.69. The van der Waals surface area contributed by atoms with Crippen molar-refractivity contribution in [2.24, 2.45) is 0 Å². The monoisotopic (exact) mass is 250 g/mol. The largest absolute Gasteiger partial charge is 0.493 e. The maximum absolute atomic E-state index is 5.44. The minimum absolute atomic E-state index is 0.110. The summed E-state index contributed by atoms with van der Waals surface area (Å²) in [4.78, 5) is 0. The number of benzene rings is 1. The Labute approximate surface area is 84.6 Å². The van der Waals surface area contributed by atoms with E-state index < -0.39 is 0 Å². The van der Waals surface area contributed by atoms with Crippen molar-refractivity contribution in [3.8, 4) is 11.5 Å². The maximum Gasteiger partial charge on any atom is 0.177 e. The molecule has 1 aromatic carbocycles. The standard InChI is InChI=1S/C8H8BrClO2/c1-11-7-4-2-3-6(9)8(7)12-5-10/h2-4H,5H2,1H3. The lowest BCUT2D eigenvalue weighted by molar-refractivity contribution is 0.339. The summed E-state index contributed by atoms with van der Waals surface area (Å²) < 4.78 is 11.1. The molecule has 0 saturated heterocycles. The zero-order chi connectivity index (χ0) is 8.97. The second kappa shape index (κ2) is 4.58. The van der Waals surface area contributed by atoms with Crippen LogP contribution in [0.1, 0.15) is 0 Å². The molecule has 0 aliphatic rings. The normalized spacial score (nSPS) is 9.58. The number of hydrogen-bond donors (Lipinski definition) is 0. The first-order valence-electron chi connectivity index (χ1n) is 3.31. The third-order valence-corrected chi connectivity index (χ3v) is 2.08. The van der Waals surface area contributed by atoms with E-state index in [2.05, 4.69) is 15.9 Å². The number of para-hydroxylation sites is 1. The lowest BCUT2D eigenvalue weighted by Gasteiger charge is -2.09. The summed E-state index contributed by atoms with van der Waals surface area (Å²) >= 11 is 8.76. The molecular weight excluding hydrogens is 243 g/mol. The van der Waals surface area contributed by atoms with Gasteiger partial charge in [-0.05, 0) is 28.1 Å². The van der Waals surface area contributed by atoms with Crippen LogP contribution in [0.4, 0.5) is 0 Å². The van der Waals surface area contributed by atoms with E-state index in [1.165, 1.54) is 0 Å². The van der Waals surface area contributed by atoms with Gasteiger partial charge < -0.3 is 9.47 Å². The van der Waals surface area contributed by atoms with E-state index in [1.807, 2.05) is 18.2 Å². The van der Waals surface area contributed by atoms with Crippen LogP contribution in [0.2, 0.25) is 0 Å². The zero-order valence-electron chi connectivity index (χ0n) is 6.51. The number of alkyl halides is 1. The highest BCUT2D eigenvalue weighted by Gasteiger charge is 2.06. The van der Waals surface area contributed by atoms with Gasteiger partial charge in [-0.3, -0.25) is 0 Å². The van der Waals surface area contributed by atoms with E-state index in [9.17, 15) is 0 Å². The molecule has 0 bridgehead atoms. The highest BCUT2D eigenvalue weighted by Crippen LogP contribution is 2.34. The molecule has 2 nitrogen and oxygen atoms in total. The molecular formula is C8H8BrClO2. The fourth-order valence-corrected chi connectivity index (χ4v) is 1.42. The van der Waals surface area contributed by atoms with Crippen molar-refractivity contribution in [1.29, 1.82) is 0 Å². The van der Waals surface area contributed by atoms with Gasteiger partial charge in [-0.15, -0.1) is 0 Å². The van der Waals surface area contributed by atoms with E-state index in [-0.39, 0.29) is 6.07 Å². The van der Waals surface area contributed by atoms with Gasteiger partial charge in [0.15, 0.2) is 17.6 Å². The summed E-state index contributed by atoms with van der Waals surface area (Å²) in [6.45, 7) is 0. The molecule has 0 fully saturated rings. The van der Waals surface area contributed by atoms with Gasteiger partial charge in [0.05, 0.1) is 11.6 Å². The molecule has 4 heteroatoms. The highest BCUT2D eigenvalue weighted by atomic mass is 79.9. The van der Waals surface area contributed by atoms with E-state index in [0.717, 1.165) is 4.47 Å². The van der Waals surface area contributed by atoms with Crippen molar-refractivity contribution in [3.05, 3.63) is 22.7 Å². The molecule has 0 spiro atoms. The highest BCUT2D eigenvalue weighted by molar-refractivity contribution is 9.10. The minimum atomic E-state index is 0.110. The number of halogens is 2. The first-order chi connectivity index (χ1) is 5.79. The SMILES string of the molecule is COc1cccc(Br)c1OCCl. The maximum atomic E-state index is 5.44. The Hall–Kier alpha value is -0.410. The van der Waals surface area contributed by atoms with Crippen LogP contribution in [-0.4, -0.2) is 13.2 Å². The third kappa shape index (κ3) is 2.05. The minimum Gasteiger partial charge on any atom is -0.493 e. The van der Waals surface area contributed by atoms with Crippen molar-refractivity contribution in [3.63, 3.8) is 0 Å². The van der Waals surface area contributed by atoms with Gasteiger partial charge in [0.2, 0.25) is 0 Å². The van der Waals surface area contributed by atoms with Crippen LogP contribution in [0.3, 0.4) is 0 Å². The number of hydrogen-bond acceptors (Lipinski definition) is 2. The molecule has 0 aliphatic heterocycles. The van der Waals surface area contributed by atoms with Crippen LogP contribution in [0.15, 0.2) is 22.7 Å². The first-order valence-corrected chi connectivity index (χ1v) is 4.63. The lowest BCUT2D eigenvalue weighted by Crippen LogP contribution is -1.94. The second-order valence-corrected chi connectivity index (χ2v) is 3.10. The number of rotatable bonds is 3. The molecule has 0 N–H and O–H groups in total. The van der Waals surface area contributed by atoms with Gasteiger partial charge >= 0.3 is 0 Å². The van der Waals surface area contributed by atoms with Crippen molar-refractivity contribution in [2.45, 2.75) is 0 Å². The van der Waals surface area contributed by atoms with Gasteiger partial charge in [0.25, 0.3) is 0 Å². The van der Waals surface area contributed by atoms with Gasteiger partial charge in [-0.25, -0.2) is 0 Å². The van der Waals surface area contributed by atoms with Gasteiger partial charge in [0.1, 0.15) is 0 Å². The molecule has 0 amide bonds. The summed E-state index contributed by atoms with van der Waals surface area (Å²) in [5.41, 5.74) is 0. The Bertz CT molecular complexity index is 265. The number of ether oxygens (including phenoxy) is 2. The topological polar surface area (TPSA) is 18.5 Å². The van der Waals surface area contributed by atoms with Gasteiger partial charge in [0, 0.05) is 0 Å². The molecule has 0 heterocycles. The van der Waals surface area contributed by atoms with Crippen molar-refractivity contribution in [2.75, 3.05) is 13.2 Å². The summed E-state index contributed by atoms with van der Waals surface area (Å²) in [7, 11) is 1.59. The van der Waals surface area contributed by atoms with Crippen molar-refractivity contribution < 1.29 is 9.47 Å². The molecule has 66 valence electrons. The Morgan fingerprint density at radius 1 is 1.50 bits per heavy atom. The molecule has 0 radical (unpaired) electrons. The van der Waals surface area contributed by atoms with Crippen LogP contribution in [0.25, 0.3) is 0 Å². The third-order valence-electron chi connectivity index (χ3n) is 1.35. The predicted molar refractivity (Wildman–Crippen MR) is 52.0 cm³/mol. The average Bonchev–Trinajstić information content (AvgIpc) is 2.09. The molecule has 0 aliphatic carbocycles. The Morgan fingerprint density at radius 2 is 2.25 bits per heavy atom. The molecule has 1 aromatic rings. The summed E-state index contributed by atoms with van der Waals surface area (Å²) in [6.07, 6.45) is 0. The predicted octanol–water partition coefficient (Wildman–Crippen LogP) is 3.03. The molecule has 12 heavy (non-hydrogen) atoms.